The lowest BCUT2D eigenvalue weighted by atomic mass is 10.2. The molecule has 1 aliphatic rings. The van der Waals surface area contributed by atoms with Gasteiger partial charge in [-0.05, 0) is 6.42 Å². The van der Waals surface area contributed by atoms with Crippen molar-refractivity contribution >= 4 is 18.7 Å². The molecule has 0 aromatic rings. The van der Waals surface area contributed by atoms with Crippen molar-refractivity contribution in [3.63, 3.8) is 0 Å². The average molecular weight is 177 g/mol. The topological polar surface area (TPSA) is 61.6 Å². The van der Waals surface area contributed by atoms with E-state index in [1.807, 2.05) is 0 Å². The van der Waals surface area contributed by atoms with Gasteiger partial charge in [-0.25, -0.2) is 4.79 Å². The Morgan fingerprint density at radius 3 is 3.00 bits per heavy atom. The van der Waals surface area contributed by atoms with Crippen LogP contribution in [-0.2, 0) is 9.47 Å². The standard InChI is InChI=1S/C6H11NO3S/c7-6(8)10-2-4-1-5(11)3-9-4/h4-5,11H,1-3H2,(H2,7,8). The lowest BCUT2D eigenvalue weighted by Gasteiger charge is -2.07. The Labute approximate surface area is 70.4 Å². The molecule has 0 saturated carbocycles. The predicted octanol–water partition coefficient (Wildman–Crippen LogP) is 0.169. The molecule has 1 fully saturated rings. The number of hydrogen-bond acceptors (Lipinski definition) is 4. The van der Waals surface area contributed by atoms with E-state index < -0.39 is 6.09 Å². The number of amides is 1. The highest BCUT2D eigenvalue weighted by atomic mass is 32.1. The van der Waals surface area contributed by atoms with Crippen LogP contribution in [0, 0.1) is 0 Å². The number of primary amides is 1. The number of carbonyl (C=O) groups is 1. The van der Waals surface area contributed by atoms with Crippen molar-refractivity contribution in [2.24, 2.45) is 5.73 Å². The number of carbonyl (C=O) groups excluding carboxylic acids is 1. The van der Waals surface area contributed by atoms with E-state index in [9.17, 15) is 4.79 Å². The second kappa shape index (κ2) is 3.82. The van der Waals surface area contributed by atoms with Crippen molar-refractivity contribution in [3.05, 3.63) is 0 Å². The van der Waals surface area contributed by atoms with Gasteiger partial charge in [-0.15, -0.1) is 0 Å². The second-order valence-electron chi connectivity index (χ2n) is 2.47. The molecule has 0 aromatic carbocycles. The Hall–Kier alpha value is -0.420. The summed E-state index contributed by atoms with van der Waals surface area (Å²) in [5.74, 6) is 0. The number of nitrogens with two attached hydrogens (primary N) is 1. The number of hydrogen-bond donors (Lipinski definition) is 2. The van der Waals surface area contributed by atoms with Crippen LogP contribution in [0.3, 0.4) is 0 Å². The summed E-state index contributed by atoms with van der Waals surface area (Å²) in [7, 11) is 0. The third-order valence-electron chi connectivity index (χ3n) is 1.47. The minimum Gasteiger partial charge on any atom is -0.447 e. The highest BCUT2D eigenvalue weighted by molar-refractivity contribution is 7.81. The molecule has 11 heavy (non-hydrogen) atoms. The first-order valence-corrected chi connectivity index (χ1v) is 3.92. The molecule has 1 aliphatic heterocycles. The average Bonchev–Trinajstić information content (AvgIpc) is 2.31. The Morgan fingerprint density at radius 2 is 2.55 bits per heavy atom. The van der Waals surface area contributed by atoms with Crippen LogP contribution < -0.4 is 5.73 Å². The van der Waals surface area contributed by atoms with Crippen LogP contribution in [-0.4, -0.2) is 30.7 Å². The first-order chi connectivity index (χ1) is 5.18. The number of ether oxygens (including phenoxy) is 2. The molecule has 0 spiro atoms. The molecular weight excluding hydrogens is 166 g/mol. The zero-order valence-electron chi connectivity index (χ0n) is 6.03. The Morgan fingerprint density at radius 1 is 1.82 bits per heavy atom. The van der Waals surface area contributed by atoms with E-state index in [4.69, 9.17) is 10.5 Å². The predicted molar refractivity (Wildman–Crippen MR) is 42.7 cm³/mol. The normalized spacial score (nSPS) is 30.3. The smallest absolute Gasteiger partial charge is 0.404 e. The highest BCUT2D eigenvalue weighted by Crippen LogP contribution is 2.17. The Bertz CT molecular complexity index is 153. The van der Waals surface area contributed by atoms with E-state index in [2.05, 4.69) is 17.4 Å². The van der Waals surface area contributed by atoms with Crippen molar-refractivity contribution < 1.29 is 14.3 Å². The first-order valence-electron chi connectivity index (χ1n) is 3.40. The first kappa shape index (κ1) is 8.67. The van der Waals surface area contributed by atoms with Crippen LogP contribution in [0.1, 0.15) is 6.42 Å². The molecule has 0 aliphatic carbocycles. The molecule has 0 bridgehead atoms. The lowest BCUT2D eigenvalue weighted by Crippen LogP contribution is -2.21. The minimum atomic E-state index is -0.754. The van der Waals surface area contributed by atoms with Crippen LogP contribution in [0.15, 0.2) is 0 Å². The Kier molecular flexibility index (Phi) is 3.02. The molecule has 1 rings (SSSR count). The summed E-state index contributed by atoms with van der Waals surface area (Å²) in [6, 6.07) is 0. The maximum atomic E-state index is 10.2. The fourth-order valence-corrected chi connectivity index (χ4v) is 1.30. The number of thiol groups is 1. The fraction of sp³-hybridized carbons (Fsp3) is 0.833. The van der Waals surface area contributed by atoms with Crippen LogP contribution >= 0.6 is 12.6 Å². The van der Waals surface area contributed by atoms with Gasteiger partial charge >= 0.3 is 6.09 Å². The fourth-order valence-electron chi connectivity index (χ4n) is 0.978. The van der Waals surface area contributed by atoms with Crippen LogP contribution in [0.4, 0.5) is 4.79 Å². The van der Waals surface area contributed by atoms with Crippen molar-refractivity contribution in [2.45, 2.75) is 17.8 Å². The minimum absolute atomic E-state index is 0.0231. The van der Waals surface area contributed by atoms with E-state index in [1.165, 1.54) is 0 Å². The van der Waals surface area contributed by atoms with Gasteiger partial charge in [0.05, 0.1) is 12.7 Å². The molecule has 1 amide bonds. The van der Waals surface area contributed by atoms with Gasteiger partial charge in [-0.1, -0.05) is 0 Å². The third-order valence-corrected chi connectivity index (χ3v) is 1.83. The van der Waals surface area contributed by atoms with Gasteiger partial charge in [-0.2, -0.15) is 12.6 Å². The van der Waals surface area contributed by atoms with E-state index in [1.54, 1.807) is 0 Å². The zero-order valence-corrected chi connectivity index (χ0v) is 6.92. The van der Waals surface area contributed by atoms with Crippen molar-refractivity contribution in [3.8, 4) is 0 Å². The molecule has 2 atom stereocenters. The van der Waals surface area contributed by atoms with E-state index >= 15 is 0 Å². The van der Waals surface area contributed by atoms with Crippen LogP contribution in [0.25, 0.3) is 0 Å². The molecule has 1 heterocycles. The zero-order chi connectivity index (χ0) is 8.27. The van der Waals surface area contributed by atoms with Gasteiger partial charge in [0.25, 0.3) is 0 Å². The van der Waals surface area contributed by atoms with Gasteiger partial charge in [0.15, 0.2) is 0 Å². The molecular formula is C6H11NO3S. The van der Waals surface area contributed by atoms with Gasteiger partial charge in [0, 0.05) is 5.25 Å². The lowest BCUT2D eigenvalue weighted by molar-refractivity contribution is 0.0471. The monoisotopic (exact) mass is 177 g/mol. The molecule has 2 N–H and O–H groups in total. The quantitative estimate of drug-likeness (QED) is 0.591. The summed E-state index contributed by atoms with van der Waals surface area (Å²) >= 11 is 4.20. The van der Waals surface area contributed by atoms with Gasteiger partial charge in [-0.3, -0.25) is 0 Å². The molecule has 1 saturated heterocycles. The maximum Gasteiger partial charge on any atom is 0.404 e. The van der Waals surface area contributed by atoms with E-state index in [0.29, 0.717) is 6.61 Å². The summed E-state index contributed by atoms with van der Waals surface area (Å²) < 4.78 is 9.76. The van der Waals surface area contributed by atoms with Crippen molar-refractivity contribution in [1.29, 1.82) is 0 Å². The molecule has 5 heteroatoms. The van der Waals surface area contributed by atoms with Crippen LogP contribution in [0.2, 0.25) is 0 Å². The maximum absolute atomic E-state index is 10.2. The van der Waals surface area contributed by atoms with Gasteiger partial charge < -0.3 is 15.2 Å². The van der Waals surface area contributed by atoms with E-state index in [0.717, 1.165) is 6.42 Å². The van der Waals surface area contributed by atoms with Crippen molar-refractivity contribution in [2.75, 3.05) is 13.2 Å². The summed E-state index contributed by atoms with van der Waals surface area (Å²) in [6.07, 6.45) is 0.0392. The van der Waals surface area contributed by atoms with E-state index in [-0.39, 0.29) is 18.0 Å². The molecule has 0 radical (unpaired) electrons. The number of rotatable bonds is 2. The second-order valence-corrected chi connectivity index (χ2v) is 3.21. The molecule has 0 aromatic heterocycles. The summed E-state index contributed by atoms with van der Waals surface area (Å²) in [5, 5.41) is 0.261. The van der Waals surface area contributed by atoms with Gasteiger partial charge in [0.1, 0.15) is 6.61 Å². The highest BCUT2D eigenvalue weighted by Gasteiger charge is 2.23. The SMILES string of the molecule is NC(=O)OCC1CC(S)CO1. The largest absolute Gasteiger partial charge is 0.447 e. The molecule has 2 unspecified atom stereocenters. The van der Waals surface area contributed by atoms with Crippen molar-refractivity contribution in [1.82, 2.24) is 0 Å². The molecule has 4 nitrogen and oxygen atoms in total. The summed E-state index contributed by atoms with van der Waals surface area (Å²) in [6.45, 7) is 0.863. The van der Waals surface area contributed by atoms with Crippen LogP contribution in [0.5, 0.6) is 0 Å². The van der Waals surface area contributed by atoms with Gasteiger partial charge in [0.2, 0.25) is 0 Å². The summed E-state index contributed by atoms with van der Waals surface area (Å²) in [5.41, 5.74) is 4.77. The third kappa shape index (κ3) is 2.98. The molecule has 64 valence electrons. The Balaban J connectivity index is 2.13. The summed E-state index contributed by atoms with van der Waals surface area (Å²) in [4.78, 5) is 10.2.